The van der Waals surface area contributed by atoms with Crippen molar-refractivity contribution in [2.45, 2.75) is 19.8 Å². The molecule has 0 aliphatic carbocycles. The average Bonchev–Trinajstić information content (AvgIpc) is 3.27. The molecule has 3 rings (SSSR count). The van der Waals surface area contributed by atoms with E-state index in [-0.39, 0.29) is 5.91 Å². The van der Waals surface area contributed by atoms with Gasteiger partial charge in [-0.25, -0.2) is 4.98 Å². The SMILES string of the molecule is Cc1cc(Cl)ccc1OCCCNC(=O)Cc1csc(-c2cccs2)n1. The van der Waals surface area contributed by atoms with Crippen molar-refractivity contribution in [3.05, 3.63) is 57.4 Å². The quantitative estimate of drug-likeness (QED) is 0.538. The minimum Gasteiger partial charge on any atom is -0.493 e. The van der Waals surface area contributed by atoms with E-state index in [9.17, 15) is 4.79 Å². The monoisotopic (exact) mass is 406 g/mol. The summed E-state index contributed by atoms with van der Waals surface area (Å²) in [6.45, 7) is 3.08. The summed E-state index contributed by atoms with van der Waals surface area (Å²) in [5, 5.41) is 8.55. The Kier molecular flexibility index (Phi) is 6.66. The van der Waals surface area contributed by atoms with Gasteiger partial charge in [0.25, 0.3) is 0 Å². The lowest BCUT2D eigenvalue weighted by atomic mass is 10.2. The molecule has 0 atom stereocenters. The van der Waals surface area contributed by atoms with Gasteiger partial charge < -0.3 is 10.1 Å². The van der Waals surface area contributed by atoms with Crippen molar-refractivity contribution in [3.8, 4) is 15.6 Å². The predicted molar refractivity (Wildman–Crippen MR) is 108 cm³/mol. The van der Waals surface area contributed by atoms with Gasteiger partial charge >= 0.3 is 0 Å². The Labute approximate surface area is 165 Å². The van der Waals surface area contributed by atoms with Crippen LogP contribution in [-0.4, -0.2) is 24.0 Å². The Morgan fingerprint density at radius 1 is 1.31 bits per heavy atom. The third-order valence-corrected chi connectivity index (χ3v) is 5.83. The van der Waals surface area contributed by atoms with Gasteiger partial charge in [-0.05, 0) is 48.6 Å². The molecule has 0 bridgehead atoms. The maximum Gasteiger partial charge on any atom is 0.226 e. The number of thiazole rings is 1. The second-order valence-corrected chi connectivity index (χ2v) is 8.00. The molecule has 2 heterocycles. The van der Waals surface area contributed by atoms with Crippen LogP contribution in [0.15, 0.2) is 41.1 Å². The standard InChI is InChI=1S/C19H19ClN2O2S2/c1-13-10-14(20)5-6-16(13)24-8-3-7-21-18(23)11-15-12-26-19(22-15)17-4-2-9-25-17/h2,4-6,9-10,12H,3,7-8,11H2,1H3,(H,21,23). The normalized spacial score (nSPS) is 10.7. The summed E-state index contributed by atoms with van der Waals surface area (Å²) >= 11 is 9.15. The van der Waals surface area contributed by atoms with Crippen molar-refractivity contribution >= 4 is 40.2 Å². The highest BCUT2D eigenvalue weighted by atomic mass is 35.5. The van der Waals surface area contributed by atoms with E-state index >= 15 is 0 Å². The number of thiophene rings is 1. The van der Waals surface area contributed by atoms with Crippen LogP contribution in [0.5, 0.6) is 5.75 Å². The summed E-state index contributed by atoms with van der Waals surface area (Å²) in [5.41, 5.74) is 1.82. The van der Waals surface area contributed by atoms with Crippen LogP contribution in [0, 0.1) is 6.92 Å². The van der Waals surface area contributed by atoms with E-state index in [4.69, 9.17) is 16.3 Å². The molecule has 0 aliphatic rings. The first-order chi connectivity index (χ1) is 12.6. The highest BCUT2D eigenvalue weighted by Crippen LogP contribution is 2.27. The molecule has 26 heavy (non-hydrogen) atoms. The summed E-state index contributed by atoms with van der Waals surface area (Å²) in [6.07, 6.45) is 1.05. The number of halogens is 1. The molecule has 0 spiro atoms. The van der Waals surface area contributed by atoms with Crippen LogP contribution >= 0.6 is 34.3 Å². The van der Waals surface area contributed by atoms with Gasteiger partial charge in [0.2, 0.25) is 5.91 Å². The van der Waals surface area contributed by atoms with Gasteiger partial charge in [0.15, 0.2) is 0 Å². The Balaban J connectivity index is 1.37. The highest BCUT2D eigenvalue weighted by molar-refractivity contribution is 7.20. The lowest BCUT2D eigenvalue weighted by Crippen LogP contribution is -2.27. The largest absolute Gasteiger partial charge is 0.493 e. The number of hydrogen-bond donors (Lipinski definition) is 1. The molecule has 0 radical (unpaired) electrons. The smallest absolute Gasteiger partial charge is 0.226 e. The molecule has 4 nitrogen and oxygen atoms in total. The second kappa shape index (κ2) is 9.16. The number of nitrogens with one attached hydrogen (secondary N) is 1. The zero-order valence-corrected chi connectivity index (χ0v) is 16.7. The van der Waals surface area contributed by atoms with Crippen LogP contribution in [0.3, 0.4) is 0 Å². The lowest BCUT2D eigenvalue weighted by Gasteiger charge is -2.09. The van der Waals surface area contributed by atoms with E-state index in [0.717, 1.165) is 33.3 Å². The molecular weight excluding hydrogens is 388 g/mol. The van der Waals surface area contributed by atoms with Crippen molar-refractivity contribution in [1.29, 1.82) is 0 Å². The fourth-order valence-electron chi connectivity index (χ4n) is 2.39. The topological polar surface area (TPSA) is 51.2 Å². The Hall–Kier alpha value is -1.89. The molecule has 0 saturated carbocycles. The molecule has 0 unspecified atom stereocenters. The van der Waals surface area contributed by atoms with Gasteiger partial charge in [-0.1, -0.05) is 17.7 Å². The van der Waals surface area contributed by atoms with Gasteiger partial charge in [0, 0.05) is 16.9 Å². The maximum absolute atomic E-state index is 12.0. The summed E-state index contributed by atoms with van der Waals surface area (Å²) in [5.74, 6) is 0.806. The van der Waals surface area contributed by atoms with Crippen LogP contribution < -0.4 is 10.1 Å². The van der Waals surface area contributed by atoms with Crippen molar-refractivity contribution in [3.63, 3.8) is 0 Å². The number of carbonyl (C=O) groups excluding carboxylic acids is 1. The fraction of sp³-hybridized carbons (Fsp3) is 0.263. The number of hydrogen-bond acceptors (Lipinski definition) is 5. The Bertz CT molecular complexity index is 862. The second-order valence-electron chi connectivity index (χ2n) is 5.76. The minimum absolute atomic E-state index is 0.0179. The summed E-state index contributed by atoms with van der Waals surface area (Å²) in [4.78, 5) is 17.7. The molecule has 0 fully saturated rings. The third-order valence-electron chi connectivity index (χ3n) is 3.66. The molecular formula is C19H19ClN2O2S2. The first-order valence-corrected chi connectivity index (χ1v) is 10.4. The van der Waals surface area contributed by atoms with Gasteiger partial charge in [0.1, 0.15) is 10.8 Å². The van der Waals surface area contributed by atoms with Crippen molar-refractivity contribution in [2.24, 2.45) is 0 Å². The number of benzene rings is 1. The molecule has 0 saturated heterocycles. The Morgan fingerprint density at radius 3 is 2.96 bits per heavy atom. The van der Waals surface area contributed by atoms with Crippen LogP contribution in [0.2, 0.25) is 5.02 Å². The number of ether oxygens (including phenoxy) is 1. The molecule has 0 aliphatic heterocycles. The summed E-state index contributed by atoms with van der Waals surface area (Å²) < 4.78 is 5.72. The number of carbonyl (C=O) groups is 1. The molecule has 1 aromatic carbocycles. The van der Waals surface area contributed by atoms with E-state index in [1.54, 1.807) is 22.7 Å². The lowest BCUT2D eigenvalue weighted by molar-refractivity contribution is -0.120. The molecule has 1 amide bonds. The van der Waals surface area contributed by atoms with Gasteiger partial charge in [-0.15, -0.1) is 22.7 Å². The zero-order chi connectivity index (χ0) is 18.4. The molecule has 2 aromatic heterocycles. The van der Waals surface area contributed by atoms with E-state index < -0.39 is 0 Å². The van der Waals surface area contributed by atoms with E-state index in [1.165, 1.54) is 0 Å². The van der Waals surface area contributed by atoms with E-state index in [2.05, 4.69) is 10.3 Å². The van der Waals surface area contributed by atoms with Crippen LogP contribution in [-0.2, 0) is 11.2 Å². The average molecular weight is 407 g/mol. The molecule has 136 valence electrons. The summed E-state index contributed by atoms with van der Waals surface area (Å²) in [6, 6.07) is 9.59. The minimum atomic E-state index is -0.0179. The van der Waals surface area contributed by atoms with Gasteiger partial charge in [-0.2, -0.15) is 0 Å². The third kappa shape index (κ3) is 5.30. The number of aryl methyl sites for hydroxylation is 1. The Morgan fingerprint density at radius 2 is 2.19 bits per heavy atom. The number of nitrogens with zero attached hydrogens (tertiary/aromatic N) is 1. The van der Waals surface area contributed by atoms with Crippen molar-refractivity contribution in [1.82, 2.24) is 10.3 Å². The number of rotatable bonds is 8. The van der Waals surface area contributed by atoms with E-state index in [0.29, 0.717) is 24.6 Å². The van der Waals surface area contributed by atoms with Crippen LogP contribution in [0.25, 0.3) is 9.88 Å². The fourth-order valence-corrected chi connectivity index (χ4v) is 4.25. The summed E-state index contributed by atoms with van der Waals surface area (Å²) in [7, 11) is 0. The van der Waals surface area contributed by atoms with Crippen molar-refractivity contribution in [2.75, 3.05) is 13.2 Å². The van der Waals surface area contributed by atoms with E-state index in [1.807, 2.05) is 48.0 Å². The number of amides is 1. The molecule has 1 N–H and O–H groups in total. The van der Waals surface area contributed by atoms with Gasteiger partial charge in [-0.3, -0.25) is 4.79 Å². The van der Waals surface area contributed by atoms with Crippen LogP contribution in [0.4, 0.5) is 0 Å². The zero-order valence-electron chi connectivity index (χ0n) is 14.3. The predicted octanol–water partition coefficient (Wildman–Crippen LogP) is 4.96. The highest BCUT2D eigenvalue weighted by Gasteiger charge is 2.09. The maximum atomic E-state index is 12.0. The molecule has 7 heteroatoms. The molecule has 3 aromatic rings. The first kappa shape index (κ1) is 18.9. The van der Waals surface area contributed by atoms with Gasteiger partial charge in [0.05, 0.1) is 23.6 Å². The number of aromatic nitrogens is 1. The van der Waals surface area contributed by atoms with Crippen molar-refractivity contribution < 1.29 is 9.53 Å². The van der Waals surface area contributed by atoms with Crippen LogP contribution in [0.1, 0.15) is 17.7 Å². The first-order valence-electron chi connectivity index (χ1n) is 8.26.